The number of amides is 6. The summed E-state index contributed by atoms with van der Waals surface area (Å²) in [5, 5.41) is 16.0. The van der Waals surface area contributed by atoms with Crippen LogP contribution < -0.4 is 53.8 Å². The monoisotopic (exact) mass is 765 g/mol. The van der Waals surface area contributed by atoms with E-state index in [1.807, 2.05) is 0 Å². The zero-order valence-electron chi connectivity index (χ0n) is 32.7. The van der Waals surface area contributed by atoms with Crippen LogP contribution >= 0.6 is 0 Å². The minimum Gasteiger partial charge on any atom is -0.492 e. The van der Waals surface area contributed by atoms with Crippen LogP contribution in [0.25, 0.3) is 0 Å². The zero-order chi connectivity index (χ0) is 40.7. The molecule has 0 aliphatic carbocycles. The van der Waals surface area contributed by atoms with Gasteiger partial charge in [0.15, 0.2) is 0 Å². The number of benzene rings is 1. The van der Waals surface area contributed by atoms with Crippen molar-refractivity contribution in [2.24, 2.45) is 17.2 Å². The average molecular weight is 766 g/mol. The molecule has 0 bridgehead atoms. The highest BCUT2D eigenvalue weighted by molar-refractivity contribution is 6.00. The van der Waals surface area contributed by atoms with Crippen LogP contribution in [0.1, 0.15) is 101 Å². The Labute approximate surface area is 318 Å². The van der Waals surface area contributed by atoms with Gasteiger partial charge in [-0.05, 0) is 105 Å². The molecule has 2 atom stereocenters. The summed E-state index contributed by atoms with van der Waals surface area (Å²) in [6, 6.07) is 2.72. The van der Waals surface area contributed by atoms with Gasteiger partial charge in [-0.3, -0.25) is 19.2 Å². The fourth-order valence-corrected chi connectivity index (χ4v) is 4.64. The molecule has 6 amide bonds. The first-order valence-electron chi connectivity index (χ1n) is 18.4. The minimum atomic E-state index is -0.851. The van der Waals surface area contributed by atoms with E-state index in [2.05, 4.69) is 31.9 Å². The molecule has 0 radical (unpaired) electrons. The van der Waals surface area contributed by atoms with Crippen LogP contribution in [0.3, 0.4) is 0 Å². The predicted octanol–water partition coefficient (Wildman–Crippen LogP) is 0.761. The molecule has 1 aromatic carbocycles. The molecule has 0 saturated carbocycles. The summed E-state index contributed by atoms with van der Waals surface area (Å²) in [5.74, 6) is -1.60. The maximum Gasteiger partial charge on any atom is 0.408 e. The Bertz CT molecular complexity index is 1360. The van der Waals surface area contributed by atoms with Crippen LogP contribution in [-0.4, -0.2) is 112 Å². The fraction of sp³-hybridized carbons (Fsp3) is 0.667. The number of hydrogen-bond acceptors (Lipinski definition) is 12. The maximum atomic E-state index is 13.1. The van der Waals surface area contributed by atoms with Gasteiger partial charge in [-0.15, -0.1) is 0 Å². The van der Waals surface area contributed by atoms with Crippen LogP contribution in [0, 0.1) is 0 Å². The number of alkyl carbamates (subject to hydrolysis) is 2. The number of hydrogen-bond donors (Lipinski definition) is 9. The van der Waals surface area contributed by atoms with Gasteiger partial charge >= 0.3 is 12.2 Å². The Morgan fingerprint density at radius 1 is 0.611 bits per heavy atom. The lowest BCUT2D eigenvalue weighted by Gasteiger charge is -2.23. The van der Waals surface area contributed by atoms with Gasteiger partial charge in [0.1, 0.15) is 29.6 Å². The van der Waals surface area contributed by atoms with E-state index in [-0.39, 0.29) is 62.1 Å². The van der Waals surface area contributed by atoms with E-state index in [4.69, 9.17) is 31.4 Å². The number of carbonyl (C=O) groups excluding carboxylic acids is 6. The van der Waals surface area contributed by atoms with E-state index in [1.54, 1.807) is 41.5 Å². The van der Waals surface area contributed by atoms with Crippen molar-refractivity contribution in [2.75, 3.05) is 52.4 Å². The Balaban J connectivity index is 2.64. The van der Waals surface area contributed by atoms with Crippen molar-refractivity contribution >= 4 is 35.8 Å². The molecule has 1 unspecified atom stereocenters. The second-order valence-corrected chi connectivity index (χ2v) is 14.5. The molecule has 0 heterocycles. The fourth-order valence-electron chi connectivity index (χ4n) is 4.64. The first kappa shape index (κ1) is 47.3. The average Bonchev–Trinajstić information content (AvgIpc) is 3.08. The lowest BCUT2D eigenvalue weighted by atomic mass is 10.1. The Morgan fingerprint density at radius 2 is 1.13 bits per heavy atom. The zero-order valence-corrected chi connectivity index (χ0v) is 32.7. The van der Waals surface area contributed by atoms with Crippen molar-refractivity contribution < 1.29 is 43.0 Å². The molecule has 18 heteroatoms. The number of rotatable bonds is 23. The van der Waals surface area contributed by atoms with Gasteiger partial charge in [-0.2, -0.15) is 0 Å². The number of nitrogens with one attached hydrogen (secondary N) is 6. The molecule has 306 valence electrons. The normalized spacial score (nSPS) is 12.4. The second-order valence-electron chi connectivity index (χ2n) is 14.5. The van der Waals surface area contributed by atoms with Gasteiger partial charge in [0, 0.05) is 50.4 Å². The van der Waals surface area contributed by atoms with Crippen molar-refractivity contribution in [2.45, 2.75) is 103 Å². The molecular formula is C36H63N9O9. The molecule has 1 rings (SSSR count). The number of carbonyl (C=O) groups is 6. The summed E-state index contributed by atoms with van der Waals surface area (Å²) >= 11 is 0. The van der Waals surface area contributed by atoms with Gasteiger partial charge in [-0.1, -0.05) is 0 Å². The van der Waals surface area contributed by atoms with Crippen LogP contribution in [0.5, 0.6) is 5.75 Å². The van der Waals surface area contributed by atoms with Crippen LogP contribution in [0.2, 0.25) is 0 Å². The molecule has 1 aromatic rings. The molecule has 0 aromatic heterocycles. The topological polar surface area (TPSA) is 280 Å². The second kappa shape index (κ2) is 24.6. The molecule has 54 heavy (non-hydrogen) atoms. The number of ether oxygens (including phenoxy) is 3. The van der Waals surface area contributed by atoms with Gasteiger partial charge in [0.25, 0.3) is 11.8 Å². The number of unbranched alkanes of at least 4 members (excludes halogenated alkanes) is 2. The van der Waals surface area contributed by atoms with E-state index >= 15 is 0 Å². The maximum absolute atomic E-state index is 13.1. The summed E-state index contributed by atoms with van der Waals surface area (Å²) in [4.78, 5) is 75.4. The SMILES string of the molecule is CC(C)(C)OC(=O)NCCCCC(N)C(=O)NCCNC(=O)c1cc(OCCN)cc(C(=O)NCCNC(=O)[C@H](CCCCN)NC(=O)OC(C)(C)C)c1. The molecule has 0 fully saturated rings. The first-order chi connectivity index (χ1) is 25.3. The highest BCUT2D eigenvalue weighted by Crippen LogP contribution is 2.18. The highest BCUT2D eigenvalue weighted by atomic mass is 16.6. The Kier molecular flexibility index (Phi) is 21.6. The smallest absolute Gasteiger partial charge is 0.408 e. The predicted molar refractivity (Wildman–Crippen MR) is 204 cm³/mol. The Morgan fingerprint density at radius 3 is 1.67 bits per heavy atom. The largest absolute Gasteiger partial charge is 0.492 e. The summed E-state index contributed by atoms with van der Waals surface area (Å²) in [6.07, 6.45) is 2.05. The lowest BCUT2D eigenvalue weighted by molar-refractivity contribution is -0.123. The molecule has 0 spiro atoms. The molecular weight excluding hydrogens is 702 g/mol. The van der Waals surface area contributed by atoms with E-state index < -0.39 is 53.2 Å². The van der Waals surface area contributed by atoms with Gasteiger partial charge in [-0.25, -0.2) is 9.59 Å². The van der Waals surface area contributed by atoms with Gasteiger partial charge in [0.05, 0.1) is 6.04 Å². The van der Waals surface area contributed by atoms with Crippen molar-refractivity contribution in [1.29, 1.82) is 0 Å². The molecule has 12 N–H and O–H groups in total. The highest BCUT2D eigenvalue weighted by Gasteiger charge is 2.24. The first-order valence-corrected chi connectivity index (χ1v) is 18.4. The summed E-state index contributed by atoms with van der Waals surface area (Å²) in [6.45, 7) is 12.0. The lowest BCUT2D eigenvalue weighted by Crippen LogP contribution is -2.49. The van der Waals surface area contributed by atoms with Crippen LogP contribution in [0.4, 0.5) is 9.59 Å². The van der Waals surface area contributed by atoms with Crippen molar-refractivity contribution in [3.05, 3.63) is 29.3 Å². The standard InChI is InChI=1S/C36H63N9O9/c1-35(2,3)53-33(50)44-15-10-8-11-27(39)31(48)42-18-16-40-29(46)24-21-25(23-26(22-24)52-20-14-38)30(47)41-17-19-43-32(49)28(12-7-9-13-37)45-34(51)54-36(4,5)6/h21-23,27-28H,7-20,37-39H2,1-6H3,(H,40,46)(H,41,47)(H,42,48)(H,43,49)(H,44,50)(H,45,51)/t27?,28-/m0/s1. The van der Waals surface area contributed by atoms with E-state index in [0.29, 0.717) is 51.6 Å². The van der Waals surface area contributed by atoms with Crippen molar-refractivity contribution in [1.82, 2.24) is 31.9 Å². The minimum absolute atomic E-state index is 0.0484. The van der Waals surface area contributed by atoms with Crippen LogP contribution in [0.15, 0.2) is 18.2 Å². The van der Waals surface area contributed by atoms with Gasteiger partial charge < -0.3 is 63.3 Å². The third kappa shape index (κ3) is 21.8. The van der Waals surface area contributed by atoms with E-state index in [1.165, 1.54) is 18.2 Å². The molecule has 0 saturated heterocycles. The molecule has 18 nitrogen and oxygen atoms in total. The summed E-state index contributed by atoms with van der Waals surface area (Å²) in [7, 11) is 0. The van der Waals surface area contributed by atoms with E-state index in [0.717, 1.165) is 0 Å². The van der Waals surface area contributed by atoms with Crippen LogP contribution in [-0.2, 0) is 19.1 Å². The summed E-state index contributed by atoms with van der Waals surface area (Å²) in [5.41, 5.74) is 16.1. The quantitative estimate of drug-likeness (QED) is 0.0699. The van der Waals surface area contributed by atoms with Gasteiger partial charge in [0.2, 0.25) is 11.8 Å². The van der Waals surface area contributed by atoms with E-state index in [9.17, 15) is 28.8 Å². The molecule has 0 aliphatic rings. The third-order valence-electron chi connectivity index (χ3n) is 7.14. The number of nitrogens with two attached hydrogens (primary N) is 3. The van der Waals surface area contributed by atoms with Crippen molar-refractivity contribution in [3.8, 4) is 5.75 Å². The Hall–Kier alpha value is -4.68. The van der Waals surface area contributed by atoms with Crippen molar-refractivity contribution in [3.63, 3.8) is 0 Å². The summed E-state index contributed by atoms with van der Waals surface area (Å²) < 4.78 is 16.0. The third-order valence-corrected chi connectivity index (χ3v) is 7.14. The molecule has 0 aliphatic heterocycles.